The van der Waals surface area contributed by atoms with Crippen molar-refractivity contribution < 1.29 is 9.47 Å². The van der Waals surface area contributed by atoms with E-state index in [0.717, 1.165) is 23.1 Å². The molecular weight excluding hydrogens is 262 g/mol. The normalized spacial score (nSPS) is 21.9. The van der Waals surface area contributed by atoms with Crippen LogP contribution < -0.4 is 14.8 Å². The summed E-state index contributed by atoms with van der Waals surface area (Å²) in [7, 11) is 0. The summed E-state index contributed by atoms with van der Waals surface area (Å²) in [6.07, 6.45) is 6.51. The number of rotatable bonds is 7. The van der Waals surface area contributed by atoms with E-state index in [2.05, 4.69) is 18.3 Å². The smallest absolute Gasteiger partial charge is 0.142 e. The largest absolute Gasteiger partial charge is 0.494 e. The van der Waals surface area contributed by atoms with Crippen molar-refractivity contribution in [3.05, 3.63) is 18.2 Å². The van der Waals surface area contributed by atoms with Crippen molar-refractivity contribution >= 4 is 5.69 Å². The van der Waals surface area contributed by atoms with E-state index in [1.807, 2.05) is 26.0 Å². The highest BCUT2D eigenvalue weighted by Gasteiger charge is 2.21. The molecule has 0 aliphatic heterocycles. The van der Waals surface area contributed by atoms with Crippen LogP contribution in [0.25, 0.3) is 0 Å². The van der Waals surface area contributed by atoms with Crippen molar-refractivity contribution in [1.82, 2.24) is 0 Å². The van der Waals surface area contributed by atoms with E-state index < -0.39 is 0 Å². The third-order valence-electron chi connectivity index (χ3n) is 4.28. The zero-order valence-corrected chi connectivity index (χ0v) is 13.7. The molecule has 0 aromatic heterocycles. The first-order valence-corrected chi connectivity index (χ1v) is 8.42. The van der Waals surface area contributed by atoms with Crippen LogP contribution in [0.15, 0.2) is 18.2 Å². The molecule has 0 spiro atoms. The maximum atomic E-state index is 5.75. The Labute approximate surface area is 129 Å². The lowest BCUT2D eigenvalue weighted by Gasteiger charge is -2.30. The van der Waals surface area contributed by atoms with Crippen molar-refractivity contribution in [3.8, 4) is 11.5 Å². The highest BCUT2D eigenvalue weighted by atomic mass is 16.5. The molecule has 0 bridgehead atoms. The van der Waals surface area contributed by atoms with Gasteiger partial charge in [0.1, 0.15) is 11.5 Å². The van der Waals surface area contributed by atoms with Crippen LogP contribution in [0.5, 0.6) is 11.5 Å². The van der Waals surface area contributed by atoms with Gasteiger partial charge in [0.25, 0.3) is 0 Å². The molecule has 1 saturated carbocycles. The number of benzene rings is 1. The van der Waals surface area contributed by atoms with E-state index in [1.165, 1.54) is 32.1 Å². The molecule has 1 aromatic carbocycles. The minimum Gasteiger partial charge on any atom is -0.494 e. The molecule has 0 radical (unpaired) electrons. The average Bonchev–Trinajstić information content (AvgIpc) is 2.50. The van der Waals surface area contributed by atoms with Gasteiger partial charge in [-0.15, -0.1) is 0 Å². The van der Waals surface area contributed by atoms with E-state index in [4.69, 9.17) is 9.47 Å². The lowest BCUT2D eigenvalue weighted by molar-refractivity contribution is 0.320. The average molecular weight is 291 g/mol. The number of anilines is 1. The third kappa shape index (κ3) is 4.55. The summed E-state index contributed by atoms with van der Waals surface area (Å²) < 4.78 is 11.4. The molecule has 3 heteroatoms. The minimum absolute atomic E-state index is 0.555. The Morgan fingerprint density at radius 1 is 1.10 bits per heavy atom. The number of hydrogen-bond acceptors (Lipinski definition) is 3. The van der Waals surface area contributed by atoms with Gasteiger partial charge in [0.05, 0.1) is 18.9 Å². The molecule has 21 heavy (non-hydrogen) atoms. The van der Waals surface area contributed by atoms with Crippen LogP contribution in [-0.2, 0) is 0 Å². The van der Waals surface area contributed by atoms with Gasteiger partial charge in [-0.2, -0.15) is 0 Å². The van der Waals surface area contributed by atoms with E-state index in [0.29, 0.717) is 19.3 Å². The maximum Gasteiger partial charge on any atom is 0.142 e. The van der Waals surface area contributed by atoms with Crippen molar-refractivity contribution in [2.24, 2.45) is 5.92 Å². The van der Waals surface area contributed by atoms with E-state index in [9.17, 15) is 0 Å². The fourth-order valence-corrected chi connectivity index (χ4v) is 3.17. The molecule has 1 N–H and O–H groups in total. The van der Waals surface area contributed by atoms with Gasteiger partial charge < -0.3 is 14.8 Å². The van der Waals surface area contributed by atoms with Gasteiger partial charge in [-0.05, 0) is 44.7 Å². The molecule has 1 aliphatic carbocycles. The van der Waals surface area contributed by atoms with Gasteiger partial charge >= 0.3 is 0 Å². The quantitative estimate of drug-likeness (QED) is 0.778. The summed E-state index contributed by atoms with van der Waals surface area (Å²) in [5.74, 6) is 2.70. The molecular formula is C18H29NO2. The second-order valence-electron chi connectivity index (χ2n) is 5.81. The standard InChI is InChI=1S/C18H29NO2/c1-4-14-8-7-9-15(12-14)19-17-13-16(20-5-2)10-11-18(17)21-6-3/h10-11,13-15,19H,4-9,12H2,1-3H3. The topological polar surface area (TPSA) is 30.5 Å². The molecule has 1 aliphatic rings. The molecule has 0 heterocycles. The predicted molar refractivity (Wildman–Crippen MR) is 88.4 cm³/mol. The van der Waals surface area contributed by atoms with E-state index in [1.54, 1.807) is 0 Å². The molecule has 1 fully saturated rings. The monoisotopic (exact) mass is 291 g/mol. The van der Waals surface area contributed by atoms with Crippen molar-refractivity contribution in [3.63, 3.8) is 0 Å². The maximum absolute atomic E-state index is 5.75. The Hall–Kier alpha value is -1.38. The first-order chi connectivity index (χ1) is 10.3. The molecule has 118 valence electrons. The zero-order valence-electron chi connectivity index (χ0n) is 13.7. The number of hydrogen-bond donors (Lipinski definition) is 1. The van der Waals surface area contributed by atoms with Crippen LogP contribution in [0.2, 0.25) is 0 Å². The first kappa shape index (κ1) is 16.0. The van der Waals surface area contributed by atoms with Crippen LogP contribution in [-0.4, -0.2) is 19.3 Å². The summed E-state index contributed by atoms with van der Waals surface area (Å²) in [4.78, 5) is 0. The predicted octanol–water partition coefficient (Wildman–Crippen LogP) is 4.86. The highest BCUT2D eigenvalue weighted by molar-refractivity contribution is 5.60. The molecule has 3 nitrogen and oxygen atoms in total. The van der Waals surface area contributed by atoms with Gasteiger partial charge in [0.15, 0.2) is 0 Å². The number of nitrogens with one attached hydrogen (secondary N) is 1. The third-order valence-corrected chi connectivity index (χ3v) is 4.28. The molecule has 0 amide bonds. The van der Waals surface area contributed by atoms with Crippen LogP contribution >= 0.6 is 0 Å². The van der Waals surface area contributed by atoms with E-state index in [-0.39, 0.29) is 0 Å². The molecule has 1 aromatic rings. The van der Waals surface area contributed by atoms with Crippen LogP contribution in [0, 0.1) is 5.92 Å². The summed E-state index contributed by atoms with van der Waals surface area (Å²) in [6.45, 7) is 7.71. The SMILES string of the molecule is CCOc1ccc(OCC)c(NC2CCCC(CC)C2)c1. The lowest BCUT2D eigenvalue weighted by atomic mass is 9.84. The van der Waals surface area contributed by atoms with E-state index >= 15 is 0 Å². The van der Waals surface area contributed by atoms with Crippen LogP contribution in [0.1, 0.15) is 52.9 Å². The van der Waals surface area contributed by atoms with Crippen molar-refractivity contribution in [2.75, 3.05) is 18.5 Å². The molecule has 2 unspecified atom stereocenters. The van der Waals surface area contributed by atoms with Crippen molar-refractivity contribution in [2.45, 2.75) is 58.9 Å². The molecule has 2 atom stereocenters. The van der Waals surface area contributed by atoms with Crippen molar-refractivity contribution in [1.29, 1.82) is 0 Å². The zero-order chi connectivity index (χ0) is 15.1. The summed E-state index contributed by atoms with van der Waals surface area (Å²) >= 11 is 0. The lowest BCUT2D eigenvalue weighted by Crippen LogP contribution is -2.27. The first-order valence-electron chi connectivity index (χ1n) is 8.42. The van der Waals surface area contributed by atoms with Gasteiger partial charge in [-0.1, -0.05) is 26.2 Å². The van der Waals surface area contributed by atoms with Gasteiger partial charge in [0.2, 0.25) is 0 Å². The summed E-state index contributed by atoms with van der Waals surface area (Å²) in [5.41, 5.74) is 1.07. The van der Waals surface area contributed by atoms with Gasteiger partial charge in [0, 0.05) is 12.1 Å². The second-order valence-corrected chi connectivity index (χ2v) is 5.81. The van der Waals surface area contributed by atoms with Crippen LogP contribution in [0.3, 0.4) is 0 Å². The highest BCUT2D eigenvalue weighted by Crippen LogP contribution is 2.34. The molecule has 2 rings (SSSR count). The minimum atomic E-state index is 0.555. The second kappa shape index (κ2) is 8.16. The summed E-state index contributed by atoms with van der Waals surface area (Å²) in [5, 5.41) is 3.69. The fraction of sp³-hybridized carbons (Fsp3) is 0.667. The Balaban J connectivity index is 2.09. The summed E-state index contributed by atoms with van der Waals surface area (Å²) in [6, 6.07) is 6.62. The Bertz CT molecular complexity index is 433. The van der Waals surface area contributed by atoms with Gasteiger partial charge in [-0.3, -0.25) is 0 Å². The fourth-order valence-electron chi connectivity index (χ4n) is 3.17. The Morgan fingerprint density at radius 2 is 1.90 bits per heavy atom. The number of ether oxygens (including phenoxy) is 2. The van der Waals surface area contributed by atoms with Crippen LogP contribution in [0.4, 0.5) is 5.69 Å². The Morgan fingerprint density at radius 3 is 2.62 bits per heavy atom. The molecule has 0 saturated heterocycles. The Kier molecular flexibility index (Phi) is 6.21. The van der Waals surface area contributed by atoms with Gasteiger partial charge in [-0.25, -0.2) is 0 Å².